The maximum absolute atomic E-state index is 13.0. The Morgan fingerprint density at radius 3 is 2.89 bits per heavy atom. The molecule has 5 rings (SSSR count). The second-order valence-electron chi connectivity index (χ2n) is 7.99. The van der Waals surface area contributed by atoms with E-state index in [1.54, 1.807) is 4.90 Å². The molecule has 2 aromatic heterocycles. The van der Waals surface area contributed by atoms with Crippen molar-refractivity contribution in [2.45, 2.75) is 12.8 Å². The van der Waals surface area contributed by atoms with Crippen LogP contribution < -0.4 is 5.32 Å². The molecule has 3 N–H and O–H groups in total. The second kappa shape index (κ2) is 10.9. The highest BCUT2D eigenvalue weighted by molar-refractivity contribution is 8.26. The van der Waals surface area contributed by atoms with Gasteiger partial charge in [0.1, 0.15) is 16.5 Å². The van der Waals surface area contributed by atoms with Gasteiger partial charge in [0.2, 0.25) is 0 Å². The SMILES string of the molecule is O=C1/C(=C/c2cccc(-c3ccc4ncnc(NCCO)c4c3)c2)SC(=S)N1CCCc1nn[nH]n1. The van der Waals surface area contributed by atoms with Crippen molar-refractivity contribution >= 4 is 57.0 Å². The summed E-state index contributed by atoms with van der Waals surface area (Å²) in [7, 11) is 0. The minimum absolute atomic E-state index is 0.0122. The summed E-state index contributed by atoms with van der Waals surface area (Å²) in [5, 5.41) is 27.0. The summed E-state index contributed by atoms with van der Waals surface area (Å²) in [6, 6.07) is 14.0. The Morgan fingerprint density at radius 2 is 2.06 bits per heavy atom. The maximum atomic E-state index is 13.0. The lowest BCUT2D eigenvalue weighted by molar-refractivity contribution is -0.122. The molecule has 1 aliphatic rings. The van der Waals surface area contributed by atoms with Crippen LogP contribution in [0.15, 0.2) is 53.7 Å². The summed E-state index contributed by atoms with van der Waals surface area (Å²) < 4.78 is 0.549. The van der Waals surface area contributed by atoms with Crippen LogP contribution in [0.3, 0.4) is 0 Å². The van der Waals surface area contributed by atoms with Gasteiger partial charge in [-0.3, -0.25) is 9.69 Å². The van der Waals surface area contributed by atoms with E-state index in [1.165, 1.54) is 18.1 Å². The molecular weight excluding hydrogens is 496 g/mol. The highest BCUT2D eigenvalue weighted by Gasteiger charge is 2.31. The number of aromatic nitrogens is 6. The first-order valence-electron chi connectivity index (χ1n) is 11.3. The normalized spacial score (nSPS) is 14.8. The first-order valence-corrected chi connectivity index (χ1v) is 12.5. The maximum Gasteiger partial charge on any atom is 0.266 e. The van der Waals surface area contributed by atoms with Crippen molar-refractivity contribution in [1.29, 1.82) is 0 Å². The van der Waals surface area contributed by atoms with Crippen LogP contribution in [0.4, 0.5) is 5.82 Å². The quantitative estimate of drug-likeness (QED) is 0.224. The number of nitrogens with zero attached hydrogens (tertiary/aromatic N) is 6. The number of aliphatic hydroxyl groups excluding tert-OH is 1. The van der Waals surface area contributed by atoms with Crippen LogP contribution in [0.1, 0.15) is 17.8 Å². The number of carbonyl (C=O) groups is 1. The number of thioether (sulfide) groups is 1. The van der Waals surface area contributed by atoms with Gasteiger partial charge in [0, 0.05) is 24.9 Å². The van der Waals surface area contributed by atoms with Gasteiger partial charge in [-0.05, 0) is 47.4 Å². The Bertz CT molecular complexity index is 1440. The van der Waals surface area contributed by atoms with Crippen LogP contribution in [0.2, 0.25) is 0 Å². The molecule has 0 spiro atoms. The van der Waals surface area contributed by atoms with Crippen LogP contribution in [0, 0.1) is 0 Å². The zero-order valence-electron chi connectivity index (χ0n) is 19.1. The molecule has 4 aromatic rings. The first-order chi connectivity index (χ1) is 17.6. The molecule has 1 saturated heterocycles. The number of nitrogens with one attached hydrogen (secondary N) is 2. The molecule has 1 fully saturated rings. The lowest BCUT2D eigenvalue weighted by atomic mass is 10.0. The fourth-order valence-electron chi connectivity index (χ4n) is 3.89. The minimum Gasteiger partial charge on any atom is -0.395 e. The van der Waals surface area contributed by atoms with Crippen LogP contribution in [0.5, 0.6) is 0 Å². The van der Waals surface area contributed by atoms with E-state index in [4.69, 9.17) is 17.3 Å². The van der Waals surface area contributed by atoms with Gasteiger partial charge in [-0.25, -0.2) is 9.97 Å². The van der Waals surface area contributed by atoms with Crippen molar-refractivity contribution in [3.8, 4) is 11.1 Å². The number of anilines is 1. The molecule has 0 saturated carbocycles. The van der Waals surface area contributed by atoms with E-state index in [2.05, 4.69) is 35.9 Å². The average molecular weight is 519 g/mol. The number of aliphatic hydroxyl groups is 1. The van der Waals surface area contributed by atoms with Gasteiger partial charge >= 0.3 is 0 Å². The molecule has 1 aliphatic heterocycles. The number of aromatic amines is 1. The molecular formula is C24H22N8O2S2. The Kier molecular flexibility index (Phi) is 7.26. The van der Waals surface area contributed by atoms with E-state index >= 15 is 0 Å². The predicted octanol–water partition coefficient (Wildman–Crippen LogP) is 3.05. The summed E-state index contributed by atoms with van der Waals surface area (Å²) in [5.74, 6) is 1.20. The molecule has 182 valence electrons. The van der Waals surface area contributed by atoms with Crippen molar-refractivity contribution in [2.75, 3.05) is 25.0 Å². The van der Waals surface area contributed by atoms with Gasteiger partial charge in [0.15, 0.2) is 5.82 Å². The minimum atomic E-state index is -0.0917. The largest absolute Gasteiger partial charge is 0.395 e. The molecule has 0 bridgehead atoms. The number of carbonyl (C=O) groups excluding carboxylic acids is 1. The summed E-state index contributed by atoms with van der Waals surface area (Å²) >= 11 is 6.77. The molecule has 10 nitrogen and oxygen atoms in total. The topological polar surface area (TPSA) is 133 Å². The van der Waals surface area contributed by atoms with E-state index in [9.17, 15) is 4.79 Å². The number of thiocarbonyl (C=S) groups is 1. The van der Waals surface area contributed by atoms with E-state index in [1.807, 2.05) is 48.5 Å². The van der Waals surface area contributed by atoms with E-state index < -0.39 is 0 Å². The molecule has 0 atom stereocenters. The van der Waals surface area contributed by atoms with Crippen LogP contribution in [-0.4, -0.2) is 70.5 Å². The van der Waals surface area contributed by atoms with Gasteiger partial charge in [-0.1, -0.05) is 53.5 Å². The molecule has 12 heteroatoms. The fourth-order valence-corrected chi connectivity index (χ4v) is 5.20. The lowest BCUT2D eigenvalue weighted by Crippen LogP contribution is -2.29. The van der Waals surface area contributed by atoms with Crippen molar-refractivity contribution in [2.24, 2.45) is 0 Å². The predicted molar refractivity (Wildman–Crippen MR) is 143 cm³/mol. The highest BCUT2D eigenvalue weighted by Crippen LogP contribution is 2.34. The number of tetrazole rings is 1. The Hall–Kier alpha value is -3.74. The molecule has 0 unspecified atom stereocenters. The number of benzene rings is 2. The third-order valence-electron chi connectivity index (χ3n) is 5.60. The average Bonchev–Trinajstić information content (AvgIpc) is 3.51. The van der Waals surface area contributed by atoms with E-state index in [0.717, 1.165) is 27.6 Å². The van der Waals surface area contributed by atoms with E-state index in [-0.39, 0.29) is 12.5 Å². The fraction of sp³-hybridized carbons (Fsp3) is 0.208. The van der Waals surface area contributed by atoms with Gasteiger partial charge in [-0.2, -0.15) is 5.21 Å². The molecule has 36 heavy (non-hydrogen) atoms. The molecule has 0 radical (unpaired) electrons. The molecule has 0 aliphatic carbocycles. The van der Waals surface area contributed by atoms with Crippen molar-refractivity contribution in [3.05, 3.63) is 65.1 Å². The first kappa shape index (κ1) is 24.0. The van der Waals surface area contributed by atoms with Crippen LogP contribution in [-0.2, 0) is 11.2 Å². The summed E-state index contributed by atoms with van der Waals surface area (Å²) in [6.07, 6.45) is 4.68. The lowest BCUT2D eigenvalue weighted by Gasteiger charge is -2.13. The van der Waals surface area contributed by atoms with Gasteiger partial charge in [-0.15, -0.1) is 10.2 Å². The van der Waals surface area contributed by atoms with Gasteiger partial charge in [0.25, 0.3) is 5.91 Å². The summed E-state index contributed by atoms with van der Waals surface area (Å²) in [5.41, 5.74) is 3.71. The smallest absolute Gasteiger partial charge is 0.266 e. The van der Waals surface area contributed by atoms with Gasteiger partial charge < -0.3 is 10.4 Å². The highest BCUT2D eigenvalue weighted by atomic mass is 32.2. The Balaban J connectivity index is 1.34. The third kappa shape index (κ3) is 5.25. The van der Waals surface area contributed by atoms with Crippen LogP contribution >= 0.6 is 24.0 Å². The second-order valence-corrected chi connectivity index (χ2v) is 9.67. The summed E-state index contributed by atoms with van der Waals surface area (Å²) in [6.45, 7) is 0.918. The Labute approximate surface area is 216 Å². The standard InChI is InChI=1S/C24H22N8O2S2/c33-10-8-25-22-18-13-17(6-7-19(18)26-14-27-22)16-4-1-3-15(11-16)12-20-23(34)32(24(35)36-20)9-2-5-21-28-30-31-29-21/h1,3-4,6-7,11-14,33H,2,5,8-10H2,(H,25,26,27)(H,28,29,30,31)/b20-12-. The number of hydrogen-bond acceptors (Lipinski definition) is 10. The number of H-pyrrole nitrogens is 1. The third-order valence-corrected chi connectivity index (χ3v) is 6.98. The van der Waals surface area contributed by atoms with Crippen LogP contribution in [0.25, 0.3) is 28.1 Å². The van der Waals surface area contributed by atoms with Crippen molar-refractivity contribution < 1.29 is 9.90 Å². The van der Waals surface area contributed by atoms with Crippen molar-refractivity contribution in [3.63, 3.8) is 0 Å². The number of hydrogen-bond donors (Lipinski definition) is 3. The van der Waals surface area contributed by atoms with Crippen molar-refractivity contribution in [1.82, 2.24) is 35.5 Å². The monoisotopic (exact) mass is 518 g/mol. The number of rotatable bonds is 9. The number of aryl methyl sites for hydroxylation is 1. The number of fused-ring (bicyclic) bond motifs is 1. The Morgan fingerprint density at radius 1 is 1.17 bits per heavy atom. The molecule has 2 aromatic carbocycles. The summed E-state index contributed by atoms with van der Waals surface area (Å²) in [4.78, 5) is 23.9. The van der Waals surface area contributed by atoms with Gasteiger partial charge in [0.05, 0.1) is 17.0 Å². The number of amides is 1. The molecule has 1 amide bonds. The zero-order chi connectivity index (χ0) is 24.9. The molecule has 3 heterocycles. The zero-order valence-corrected chi connectivity index (χ0v) is 20.7. The van der Waals surface area contributed by atoms with E-state index in [0.29, 0.717) is 46.8 Å².